The number of halogens is 1. The van der Waals surface area contributed by atoms with E-state index >= 15 is 0 Å². The first kappa shape index (κ1) is 15.8. The quantitative estimate of drug-likeness (QED) is 0.884. The molecule has 2 atom stereocenters. The maximum Gasteiger partial charge on any atom is 0.124 e. The van der Waals surface area contributed by atoms with Gasteiger partial charge in [0.25, 0.3) is 0 Å². The van der Waals surface area contributed by atoms with E-state index in [1.807, 2.05) is 6.07 Å². The standard InChI is InChI=1S/C16H25BrN2O/c1-9(2)12-6-13(17)10(3)15(16(12)20)14-5-11(7-18)8-19(14)4/h6,9,11,14,20H,5,7-8,18H2,1-4H3. The maximum absolute atomic E-state index is 10.7. The summed E-state index contributed by atoms with van der Waals surface area (Å²) >= 11 is 3.64. The number of likely N-dealkylation sites (tertiary alicyclic amines) is 1. The average Bonchev–Trinajstić information content (AvgIpc) is 2.75. The zero-order valence-electron chi connectivity index (χ0n) is 12.8. The van der Waals surface area contributed by atoms with Crippen LogP contribution in [0.25, 0.3) is 0 Å². The molecular weight excluding hydrogens is 316 g/mol. The van der Waals surface area contributed by atoms with Crippen LogP contribution >= 0.6 is 15.9 Å². The highest BCUT2D eigenvalue weighted by molar-refractivity contribution is 9.10. The molecule has 1 aliphatic rings. The van der Waals surface area contributed by atoms with Crippen LogP contribution in [0.1, 0.15) is 48.9 Å². The molecule has 3 nitrogen and oxygen atoms in total. The summed E-state index contributed by atoms with van der Waals surface area (Å²) in [6, 6.07) is 2.31. The van der Waals surface area contributed by atoms with Crippen LogP contribution in [0.15, 0.2) is 10.5 Å². The van der Waals surface area contributed by atoms with E-state index in [4.69, 9.17) is 5.73 Å². The fraction of sp³-hybridized carbons (Fsp3) is 0.625. The van der Waals surface area contributed by atoms with E-state index in [0.29, 0.717) is 24.1 Å². The molecule has 0 radical (unpaired) electrons. The number of hydrogen-bond donors (Lipinski definition) is 2. The van der Waals surface area contributed by atoms with E-state index in [1.54, 1.807) is 0 Å². The number of nitrogens with zero attached hydrogens (tertiary/aromatic N) is 1. The Balaban J connectivity index is 2.51. The maximum atomic E-state index is 10.7. The molecule has 2 rings (SSSR count). The molecule has 112 valence electrons. The lowest BCUT2D eigenvalue weighted by molar-refractivity contribution is 0.304. The van der Waals surface area contributed by atoms with Crippen LogP contribution in [-0.2, 0) is 0 Å². The normalized spacial score (nSPS) is 23.8. The van der Waals surface area contributed by atoms with E-state index in [0.717, 1.165) is 34.1 Å². The molecule has 4 heteroatoms. The molecule has 2 unspecified atom stereocenters. The second-order valence-corrected chi connectivity index (χ2v) is 7.14. The third kappa shape index (κ3) is 2.74. The third-order valence-electron chi connectivity index (χ3n) is 4.50. The van der Waals surface area contributed by atoms with Gasteiger partial charge in [-0.05, 0) is 56.0 Å². The van der Waals surface area contributed by atoms with E-state index in [-0.39, 0.29) is 6.04 Å². The zero-order valence-corrected chi connectivity index (χ0v) is 14.4. The van der Waals surface area contributed by atoms with Crippen LogP contribution in [0, 0.1) is 12.8 Å². The number of aromatic hydroxyl groups is 1. The molecule has 0 aliphatic carbocycles. The molecule has 0 spiro atoms. The fourth-order valence-electron chi connectivity index (χ4n) is 3.24. The lowest BCUT2D eigenvalue weighted by atomic mass is 9.90. The van der Waals surface area contributed by atoms with Gasteiger partial charge in [0.05, 0.1) is 0 Å². The Morgan fingerprint density at radius 1 is 1.50 bits per heavy atom. The summed E-state index contributed by atoms with van der Waals surface area (Å²) in [5.74, 6) is 1.29. The van der Waals surface area contributed by atoms with Crippen molar-refractivity contribution in [2.75, 3.05) is 20.1 Å². The Labute approximate surface area is 130 Å². The summed E-state index contributed by atoms with van der Waals surface area (Å²) in [5.41, 5.74) is 9.05. The SMILES string of the molecule is Cc1c(Br)cc(C(C)C)c(O)c1C1CC(CN)CN1C. The van der Waals surface area contributed by atoms with Gasteiger partial charge in [0.1, 0.15) is 5.75 Å². The smallest absolute Gasteiger partial charge is 0.124 e. The molecule has 0 saturated carbocycles. The van der Waals surface area contributed by atoms with Gasteiger partial charge >= 0.3 is 0 Å². The summed E-state index contributed by atoms with van der Waals surface area (Å²) in [5, 5.41) is 10.7. The van der Waals surface area contributed by atoms with Crippen molar-refractivity contribution in [2.24, 2.45) is 11.7 Å². The van der Waals surface area contributed by atoms with Gasteiger partial charge in [-0.1, -0.05) is 29.8 Å². The van der Waals surface area contributed by atoms with Gasteiger partial charge in [-0.25, -0.2) is 0 Å². The predicted octanol–water partition coefficient (Wildman–Crippen LogP) is 3.54. The minimum atomic E-state index is 0.263. The molecule has 1 saturated heterocycles. The minimum Gasteiger partial charge on any atom is -0.507 e. The third-order valence-corrected chi connectivity index (χ3v) is 5.32. The van der Waals surface area contributed by atoms with Gasteiger partial charge in [0.2, 0.25) is 0 Å². The monoisotopic (exact) mass is 340 g/mol. The molecule has 3 N–H and O–H groups in total. The van der Waals surface area contributed by atoms with Crippen molar-refractivity contribution in [3.05, 3.63) is 27.2 Å². The highest BCUT2D eigenvalue weighted by Crippen LogP contribution is 2.44. The lowest BCUT2D eigenvalue weighted by Crippen LogP contribution is -2.21. The van der Waals surface area contributed by atoms with Crippen molar-refractivity contribution in [3.63, 3.8) is 0 Å². The van der Waals surface area contributed by atoms with Crippen molar-refractivity contribution < 1.29 is 5.11 Å². The Kier molecular flexibility index (Phi) is 4.77. The minimum absolute atomic E-state index is 0.263. The Bertz CT molecular complexity index is 502. The molecule has 1 aromatic rings. The van der Waals surface area contributed by atoms with Crippen LogP contribution in [0.2, 0.25) is 0 Å². The van der Waals surface area contributed by atoms with Crippen molar-refractivity contribution >= 4 is 15.9 Å². The van der Waals surface area contributed by atoms with Crippen LogP contribution in [0.5, 0.6) is 5.75 Å². The first-order valence-corrected chi connectivity index (χ1v) is 8.08. The van der Waals surface area contributed by atoms with Gasteiger partial charge in [-0.3, -0.25) is 4.90 Å². The lowest BCUT2D eigenvalue weighted by Gasteiger charge is -2.25. The molecule has 1 fully saturated rings. The van der Waals surface area contributed by atoms with Gasteiger partial charge in [-0.15, -0.1) is 0 Å². The van der Waals surface area contributed by atoms with Gasteiger partial charge in [-0.2, -0.15) is 0 Å². The first-order valence-electron chi connectivity index (χ1n) is 7.28. The van der Waals surface area contributed by atoms with Crippen LogP contribution in [0.3, 0.4) is 0 Å². The second-order valence-electron chi connectivity index (χ2n) is 6.28. The largest absolute Gasteiger partial charge is 0.507 e. The number of phenols is 1. The molecule has 0 aromatic heterocycles. The fourth-order valence-corrected chi connectivity index (χ4v) is 3.70. The van der Waals surface area contributed by atoms with Gasteiger partial charge in [0.15, 0.2) is 0 Å². The van der Waals surface area contributed by atoms with Crippen molar-refractivity contribution in [3.8, 4) is 5.75 Å². The molecule has 20 heavy (non-hydrogen) atoms. The van der Waals surface area contributed by atoms with Crippen molar-refractivity contribution in [2.45, 2.75) is 39.2 Å². The summed E-state index contributed by atoms with van der Waals surface area (Å²) < 4.78 is 1.08. The molecule has 1 heterocycles. The Morgan fingerprint density at radius 2 is 2.15 bits per heavy atom. The first-order chi connectivity index (χ1) is 9.36. The molecule has 1 aliphatic heterocycles. The number of phenolic OH excluding ortho intramolecular Hbond substituents is 1. The van der Waals surface area contributed by atoms with Crippen LogP contribution in [-0.4, -0.2) is 30.1 Å². The van der Waals surface area contributed by atoms with Crippen LogP contribution < -0.4 is 5.73 Å². The number of rotatable bonds is 3. The van der Waals surface area contributed by atoms with E-state index in [2.05, 4.69) is 48.6 Å². The van der Waals surface area contributed by atoms with Crippen molar-refractivity contribution in [1.82, 2.24) is 4.90 Å². The van der Waals surface area contributed by atoms with E-state index < -0.39 is 0 Å². The topological polar surface area (TPSA) is 49.5 Å². The predicted molar refractivity (Wildman–Crippen MR) is 87.2 cm³/mol. The summed E-state index contributed by atoms with van der Waals surface area (Å²) in [6.45, 7) is 8.02. The average molecular weight is 341 g/mol. The highest BCUT2D eigenvalue weighted by atomic mass is 79.9. The Hall–Kier alpha value is -0.580. The molecule has 0 amide bonds. The Morgan fingerprint density at radius 3 is 2.65 bits per heavy atom. The number of nitrogens with two attached hydrogens (primary N) is 1. The molecule has 0 bridgehead atoms. The van der Waals surface area contributed by atoms with E-state index in [9.17, 15) is 5.11 Å². The van der Waals surface area contributed by atoms with Crippen molar-refractivity contribution in [1.29, 1.82) is 0 Å². The molecular formula is C16H25BrN2O. The number of benzene rings is 1. The number of hydrogen-bond acceptors (Lipinski definition) is 3. The zero-order chi connectivity index (χ0) is 15.0. The summed E-state index contributed by atoms with van der Waals surface area (Å²) in [4.78, 5) is 2.32. The van der Waals surface area contributed by atoms with Gasteiger partial charge < -0.3 is 10.8 Å². The summed E-state index contributed by atoms with van der Waals surface area (Å²) in [7, 11) is 2.12. The molecule has 1 aromatic carbocycles. The summed E-state index contributed by atoms with van der Waals surface area (Å²) in [6.07, 6.45) is 1.02. The van der Waals surface area contributed by atoms with Gasteiger partial charge in [0, 0.05) is 22.6 Å². The van der Waals surface area contributed by atoms with Crippen LogP contribution in [0.4, 0.5) is 0 Å². The van der Waals surface area contributed by atoms with E-state index in [1.165, 1.54) is 0 Å². The second kappa shape index (κ2) is 6.04. The highest BCUT2D eigenvalue weighted by Gasteiger charge is 2.33.